The molecule has 0 spiro atoms. The van der Waals surface area contributed by atoms with Gasteiger partial charge in [-0.25, -0.2) is 8.78 Å². The minimum Gasteiger partial charge on any atom is -0.394 e. The molecule has 2 aliphatic rings. The summed E-state index contributed by atoms with van der Waals surface area (Å²) in [5, 5.41) is 9.04. The molecule has 0 aliphatic carbocycles. The van der Waals surface area contributed by atoms with E-state index in [0.717, 1.165) is 13.0 Å². The van der Waals surface area contributed by atoms with E-state index in [1.54, 1.807) is 4.90 Å². The summed E-state index contributed by atoms with van der Waals surface area (Å²) in [6.07, 6.45) is 1.14. The predicted octanol–water partition coefficient (Wildman–Crippen LogP) is 0.852. The quantitative estimate of drug-likeness (QED) is 0.642. The Labute approximate surface area is 70.2 Å². The molecule has 2 aliphatic heterocycles. The molecule has 12 heavy (non-hydrogen) atoms. The fourth-order valence-electron chi connectivity index (χ4n) is 2.48. The molecule has 2 fully saturated rings. The molecule has 1 atom stereocenters. The van der Waals surface area contributed by atoms with Crippen LogP contribution in [0.4, 0.5) is 8.78 Å². The lowest BCUT2D eigenvalue weighted by Crippen LogP contribution is -2.52. The Morgan fingerprint density at radius 1 is 1.25 bits per heavy atom. The average molecular weight is 177 g/mol. The van der Waals surface area contributed by atoms with Crippen molar-refractivity contribution >= 4 is 0 Å². The first-order valence-electron chi connectivity index (χ1n) is 4.36. The highest BCUT2D eigenvalue weighted by molar-refractivity contribution is 5.10. The highest BCUT2D eigenvalue weighted by Crippen LogP contribution is 2.48. The number of rotatable bonds is 1. The number of nitrogens with zero attached hydrogens (tertiary/aromatic N) is 1. The van der Waals surface area contributed by atoms with Crippen LogP contribution in [0.25, 0.3) is 0 Å². The lowest BCUT2D eigenvalue weighted by atomic mass is 9.91. The van der Waals surface area contributed by atoms with E-state index in [1.807, 2.05) is 0 Å². The summed E-state index contributed by atoms with van der Waals surface area (Å²) in [7, 11) is 0. The number of halogens is 2. The van der Waals surface area contributed by atoms with Crippen LogP contribution in [0.15, 0.2) is 0 Å². The van der Waals surface area contributed by atoms with Gasteiger partial charge < -0.3 is 5.11 Å². The fourth-order valence-corrected chi connectivity index (χ4v) is 2.48. The van der Waals surface area contributed by atoms with Crippen LogP contribution >= 0.6 is 0 Å². The molecule has 2 saturated heterocycles. The maximum Gasteiger partial charge on any atom is 0.269 e. The Morgan fingerprint density at radius 3 is 2.58 bits per heavy atom. The number of aliphatic hydroxyl groups is 1. The van der Waals surface area contributed by atoms with Crippen molar-refractivity contribution in [2.45, 2.75) is 30.7 Å². The van der Waals surface area contributed by atoms with Crippen LogP contribution in [0.5, 0.6) is 0 Å². The summed E-state index contributed by atoms with van der Waals surface area (Å²) in [6, 6.07) is 0. The Bertz CT molecular complexity index is 197. The third-order valence-electron chi connectivity index (χ3n) is 3.26. The third-order valence-corrected chi connectivity index (χ3v) is 3.26. The zero-order valence-electron chi connectivity index (χ0n) is 6.89. The molecular weight excluding hydrogens is 164 g/mol. The van der Waals surface area contributed by atoms with E-state index in [0.29, 0.717) is 13.0 Å². The second-order valence-electron chi connectivity index (χ2n) is 3.73. The van der Waals surface area contributed by atoms with E-state index >= 15 is 0 Å². The van der Waals surface area contributed by atoms with Gasteiger partial charge in [0, 0.05) is 13.0 Å². The first-order chi connectivity index (χ1) is 5.62. The first-order valence-corrected chi connectivity index (χ1v) is 4.36. The number of hydrogen-bond acceptors (Lipinski definition) is 2. The third kappa shape index (κ3) is 0.796. The average Bonchev–Trinajstić information content (AvgIpc) is 2.52. The van der Waals surface area contributed by atoms with E-state index in [1.165, 1.54) is 0 Å². The largest absolute Gasteiger partial charge is 0.394 e. The van der Waals surface area contributed by atoms with Gasteiger partial charge in [-0.15, -0.1) is 0 Å². The number of aliphatic hydroxyl groups excluding tert-OH is 1. The van der Waals surface area contributed by atoms with Gasteiger partial charge in [0.1, 0.15) is 5.54 Å². The SMILES string of the molecule is OCC12CCCN1CCC2(F)F. The normalized spacial score (nSPS) is 40.2. The molecule has 0 radical (unpaired) electrons. The highest BCUT2D eigenvalue weighted by atomic mass is 19.3. The van der Waals surface area contributed by atoms with Crippen LogP contribution in [0, 0.1) is 0 Å². The van der Waals surface area contributed by atoms with Crippen LogP contribution in [-0.4, -0.2) is 41.2 Å². The molecule has 4 heteroatoms. The van der Waals surface area contributed by atoms with Gasteiger partial charge in [0.15, 0.2) is 0 Å². The smallest absolute Gasteiger partial charge is 0.269 e. The minimum absolute atomic E-state index is 0.0897. The fraction of sp³-hybridized carbons (Fsp3) is 1.00. The number of hydrogen-bond donors (Lipinski definition) is 1. The van der Waals surface area contributed by atoms with Crippen LogP contribution in [0.2, 0.25) is 0 Å². The van der Waals surface area contributed by atoms with E-state index in [9.17, 15) is 8.78 Å². The van der Waals surface area contributed by atoms with Gasteiger partial charge in [-0.1, -0.05) is 0 Å². The van der Waals surface area contributed by atoms with Gasteiger partial charge in [-0.2, -0.15) is 0 Å². The molecule has 0 bridgehead atoms. The van der Waals surface area contributed by atoms with Crippen LogP contribution in [0.1, 0.15) is 19.3 Å². The van der Waals surface area contributed by atoms with Crippen molar-refractivity contribution in [1.29, 1.82) is 0 Å². The molecule has 70 valence electrons. The predicted molar refractivity (Wildman–Crippen MR) is 40.2 cm³/mol. The minimum atomic E-state index is -2.68. The molecule has 1 unspecified atom stereocenters. The van der Waals surface area contributed by atoms with Crippen molar-refractivity contribution in [3.63, 3.8) is 0 Å². The summed E-state index contributed by atoms with van der Waals surface area (Å²) >= 11 is 0. The Morgan fingerprint density at radius 2 is 2.00 bits per heavy atom. The molecule has 2 rings (SSSR count). The zero-order chi connectivity index (χ0) is 8.82. The maximum absolute atomic E-state index is 13.4. The summed E-state index contributed by atoms with van der Waals surface area (Å²) < 4.78 is 26.7. The van der Waals surface area contributed by atoms with E-state index in [2.05, 4.69) is 0 Å². The Balaban J connectivity index is 2.32. The van der Waals surface area contributed by atoms with Gasteiger partial charge in [-0.05, 0) is 19.4 Å². The maximum atomic E-state index is 13.4. The lowest BCUT2D eigenvalue weighted by molar-refractivity contribution is -0.104. The standard InChI is InChI=1S/C8H13F2NO/c9-8(10)3-5-11-4-1-2-7(8,11)6-12/h12H,1-6H2. The van der Waals surface area contributed by atoms with Crippen molar-refractivity contribution < 1.29 is 13.9 Å². The van der Waals surface area contributed by atoms with Crippen LogP contribution in [-0.2, 0) is 0 Å². The first kappa shape index (κ1) is 8.38. The lowest BCUT2D eigenvalue weighted by Gasteiger charge is -2.34. The molecule has 0 aromatic carbocycles. The van der Waals surface area contributed by atoms with Gasteiger partial charge >= 0.3 is 0 Å². The van der Waals surface area contributed by atoms with E-state index in [4.69, 9.17) is 5.11 Å². The summed E-state index contributed by atoms with van der Waals surface area (Å²) in [6.45, 7) is 0.754. The molecule has 0 aromatic rings. The second kappa shape index (κ2) is 2.39. The topological polar surface area (TPSA) is 23.5 Å². The van der Waals surface area contributed by atoms with Crippen molar-refractivity contribution in [2.24, 2.45) is 0 Å². The monoisotopic (exact) mass is 177 g/mol. The van der Waals surface area contributed by atoms with Crippen molar-refractivity contribution in [3.05, 3.63) is 0 Å². The van der Waals surface area contributed by atoms with Crippen molar-refractivity contribution in [1.82, 2.24) is 4.90 Å². The van der Waals surface area contributed by atoms with Crippen LogP contribution < -0.4 is 0 Å². The molecule has 1 N–H and O–H groups in total. The molecule has 2 nitrogen and oxygen atoms in total. The molecule has 0 amide bonds. The van der Waals surface area contributed by atoms with E-state index < -0.39 is 18.1 Å². The van der Waals surface area contributed by atoms with Gasteiger partial charge in [0.05, 0.1) is 6.61 Å². The second-order valence-corrected chi connectivity index (χ2v) is 3.73. The van der Waals surface area contributed by atoms with E-state index in [-0.39, 0.29) is 6.42 Å². The van der Waals surface area contributed by atoms with Crippen LogP contribution in [0.3, 0.4) is 0 Å². The van der Waals surface area contributed by atoms with Gasteiger partial charge in [-0.3, -0.25) is 4.90 Å². The summed E-state index contributed by atoms with van der Waals surface area (Å²) in [5.74, 6) is -2.68. The highest BCUT2D eigenvalue weighted by Gasteiger charge is 2.62. The summed E-state index contributed by atoms with van der Waals surface area (Å²) in [4.78, 5) is 1.74. The zero-order valence-corrected chi connectivity index (χ0v) is 6.89. The molecule has 0 saturated carbocycles. The number of alkyl halides is 2. The summed E-state index contributed by atoms with van der Waals surface area (Å²) in [5.41, 5.74) is -1.20. The molecular formula is C8H13F2NO. The van der Waals surface area contributed by atoms with Crippen molar-refractivity contribution in [3.8, 4) is 0 Å². The Hall–Kier alpha value is -0.220. The molecule has 2 heterocycles. The van der Waals surface area contributed by atoms with Gasteiger partial charge in [0.25, 0.3) is 5.92 Å². The Kier molecular flexibility index (Phi) is 1.67. The number of fused-ring (bicyclic) bond motifs is 1. The van der Waals surface area contributed by atoms with Crippen molar-refractivity contribution in [2.75, 3.05) is 19.7 Å². The van der Waals surface area contributed by atoms with Gasteiger partial charge in [0.2, 0.25) is 0 Å². The molecule has 0 aromatic heterocycles.